The molecule has 0 aromatic heterocycles. The van der Waals surface area contributed by atoms with E-state index in [-0.39, 0.29) is 16.0 Å². The van der Waals surface area contributed by atoms with Crippen LogP contribution in [0.3, 0.4) is 0 Å². The average molecular weight is 350 g/mol. The van der Waals surface area contributed by atoms with Crippen molar-refractivity contribution in [3.63, 3.8) is 0 Å². The summed E-state index contributed by atoms with van der Waals surface area (Å²) in [4.78, 5) is 11.1. The highest BCUT2D eigenvalue weighted by atomic mass is 79.9. The molecule has 1 aromatic carbocycles. The lowest BCUT2D eigenvalue weighted by molar-refractivity contribution is -0.143. The van der Waals surface area contributed by atoms with Gasteiger partial charge in [-0.2, -0.15) is 0 Å². The summed E-state index contributed by atoms with van der Waals surface area (Å²) in [5.74, 6) is -1.32. The molecule has 0 saturated heterocycles. The van der Waals surface area contributed by atoms with Crippen molar-refractivity contribution in [2.24, 2.45) is 5.73 Å². The molecule has 1 aromatic rings. The van der Waals surface area contributed by atoms with Crippen LogP contribution in [0, 0.1) is 11.6 Å². The van der Waals surface area contributed by atoms with E-state index in [1.54, 1.807) is 6.92 Å². The van der Waals surface area contributed by atoms with Crippen molar-refractivity contribution in [1.82, 2.24) is 0 Å². The molecule has 6 heteroatoms. The Balaban J connectivity index is 2.45. The fourth-order valence-electron chi connectivity index (χ4n) is 1.84. The number of carbonyl (C=O) groups excluding carboxylic acids is 1. The lowest BCUT2D eigenvalue weighted by atomic mass is 10.0. The van der Waals surface area contributed by atoms with E-state index in [1.165, 1.54) is 0 Å². The second-order valence-electron chi connectivity index (χ2n) is 4.45. The second-order valence-corrected chi connectivity index (χ2v) is 5.30. The van der Waals surface area contributed by atoms with E-state index in [2.05, 4.69) is 15.9 Å². The first kappa shape index (κ1) is 17.0. The van der Waals surface area contributed by atoms with Gasteiger partial charge in [0.05, 0.1) is 11.1 Å². The fraction of sp³-hybridized carbons (Fsp3) is 0.500. The number of benzene rings is 1. The number of ether oxygens (including phenoxy) is 1. The molecule has 112 valence electrons. The van der Waals surface area contributed by atoms with E-state index < -0.39 is 17.7 Å². The molecule has 3 nitrogen and oxygen atoms in total. The molecule has 0 heterocycles. The molecule has 0 spiro atoms. The summed E-state index contributed by atoms with van der Waals surface area (Å²) >= 11 is 2.92. The quantitative estimate of drug-likeness (QED) is 0.462. The molecule has 0 aliphatic rings. The van der Waals surface area contributed by atoms with Crippen molar-refractivity contribution in [3.8, 4) is 0 Å². The van der Waals surface area contributed by atoms with Gasteiger partial charge in [-0.25, -0.2) is 8.78 Å². The molecular formula is C14H18BrF2NO2. The van der Waals surface area contributed by atoms with Gasteiger partial charge >= 0.3 is 5.97 Å². The third kappa shape index (κ3) is 5.17. The number of unbranched alkanes of at least 4 members (excludes halogenated alkanes) is 1. The van der Waals surface area contributed by atoms with E-state index in [1.807, 2.05) is 0 Å². The second kappa shape index (κ2) is 8.32. The molecule has 20 heavy (non-hydrogen) atoms. The van der Waals surface area contributed by atoms with Crippen molar-refractivity contribution in [2.45, 2.75) is 38.6 Å². The van der Waals surface area contributed by atoms with Crippen LogP contribution < -0.4 is 5.73 Å². The zero-order valence-electron chi connectivity index (χ0n) is 11.3. The Morgan fingerprint density at radius 3 is 2.70 bits per heavy atom. The topological polar surface area (TPSA) is 52.3 Å². The molecule has 0 bridgehead atoms. The summed E-state index contributed by atoms with van der Waals surface area (Å²) < 4.78 is 31.9. The molecule has 1 unspecified atom stereocenters. The average Bonchev–Trinajstić information content (AvgIpc) is 2.39. The van der Waals surface area contributed by atoms with Crippen LogP contribution in [0.4, 0.5) is 8.78 Å². The first-order valence-electron chi connectivity index (χ1n) is 6.51. The maximum atomic E-state index is 13.7. The SMILES string of the molecule is CCOC(=O)CCCCC(N)c1cc(F)c(Br)cc1F. The van der Waals surface area contributed by atoms with Crippen molar-refractivity contribution < 1.29 is 18.3 Å². The van der Waals surface area contributed by atoms with Crippen LogP contribution in [0.2, 0.25) is 0 Å². The monoisotopic (exact) mass is 349 g/mol. The van der Waals surface area contributed by atoms with Crippen molar-refractivity contribution in [3.05, 3.63) is 33.8 Å². The summed E-state index contributed by atoms with van der Waals surface area (Å²) in [5.41, 5.74) is 6.01. The number of nitrogens with two attached hydrogens (primary N) is 1. The van der Waals surface area contributed by atoms with Crippen molar-refractivity contribution in [1.29, 1.82) is 0 Å². The van der Waals surface area contributed by atoms with Crippen molar-refractivity contribution >= 4 is 21.9 Å². The predicted octanol–water partition coefficient (Wildman–Crippen LogP) is 3.85. The number of halogens is 3. The first-order chi connectivity index (χ1) is 9.45. The number of rotatable bonds is 7. The van der Waals surface area contributed by atoms with Crippen LogP contribution in [0.1, 0.15) is 44.2 Å². The van der Waals surface area contributed by atoms with E-state index in [4.69, 9.17) is 10.5 Å². The van der Waals surface area contributed by atoms with Crippen LogP contribution in [0.15, 0.2) is 16.6 Å². The Labute approximate surface area is 125 Å². The predicted molar refractivity (Wildman–Crippen MR) is 76.1 cm³/mol. The number of carbonyl (C=O) groups is 1. The van der Waals surface area contributed by atoms with Gasteiger partial charge in [0, 0.05) is 18.0 Å². The highest BCUT2D eigenvalue weighted by Gasteiger charge is 2.15. The summed E-state index contributed by atoms with van der Waals surface area (Å²) in [6.45, 7) is 2.11. The van der Waals surface area contributed by atoms with Crippen LogP contribution in [-0.2, 0) is 9.53 Å². The maximum Gasteiger partial charge on any atom is 0.305 e. The van der Waals surface area contributed by atoms with Gasteiger partial charge in [-0.05, 0) is 47.8 Å². The molecular weight excluding hydrogens is 332 g/mol. The van der Waals surface area contributed by atoms with Gasteiger partial charge in [-0.3, -0.25) is 4.79 Å². The van der Waals surface area contributed by atoms with Gasteiger partial charge in [0.25, 0.3) is 0 Å². The molecule has 0 saturated carbocycles. The van der Waals surface area contributed by atoms with E-state index in [9.17, 15) is 13.6 Å². The minimum atomic E-state index is -0.584. The minimum absolute atomic E-state index is 0.0771. The summed E-state index contributed by atoms with van der Waals surface area (Å²) in [6, 6.07) is 1.60. The summed E-state index contributed by atoms with van der Waals surface area (Å²) in [7, 11) is 0. The maximum absolute atomic E-state index is 13.7. The zero-order valence-corrected chi connectivity index (χ0v) is 12.9. The summed E-state index contributed by atoms with van der Waals surface area (Å²) in [5, 5.41) is 0. The van der Waals surface area contributed by atoms with Crippen LogP contribution in [0.5, 0.6) is 0 Å². The molecule has 2 N–H and O–H groups in total. The van der Waals surface area contributed by atoms with Gasteiger partial charge in [0.2, 0.25) is 0 Å². The van der Waals surface area contributed by atoms with Crippen molar-refractivity contribution in [2.75, 3.05) is 6.61 Å². The standard InChI is InChI=1S/C14H18BrF2NO2/c1-2-20-14(19)6-4-3-5-13(18)9-7-12(17)10(15)8-11(9)16/h7-8,13H,2-6,18H2,1H3. The molecule has 0 amide bonds. The Bertz CT molecular complexity index is 469. The van der Waals surface area contributed by atoms with Crippen LogP contribution in [0.25, 0.3) is 0 Å². The Morgan fingerprint density at radius 1 is 1.35 bits per heavy atom. The van der Waals surface area contributed by atoms with Gasteiger partial charge < -0.3 is 10.5 Å². The minimum Gasteiger partial charge on any atom is -0.466 e. The van der Waals surface area contributed by atoms with E-state index in [0.29, 0.717) is 32.3 Å². The number of esters is 1. The molecule has 0 radical (unpaired) electrons. The fourth-order valence-corrected chi connectivity index (χ4v) is 2.16. The number of hydrogen-bond donors (Lipinski definition) is 1. The molecule has 1 atom stereocenters. The van der Waals surface area contributed by atoms with Gasteiger partial charge in [0.1, 0.15) is 11.6 Å². The lowest BCUT2D eigenvalue weighted by Gasteiger charge is -2.13. The highest BCUT2D eigenvalue weighted by molar-refractivity contribution is 9.10. The number of hydrogen-bond acceptors (Lipinski definition) is 3. The Kier molecular flexibility index (Phi) is 7.09. The van der Waals surface area contributed by atoms with Crippen LogP contribution >= 0.6 is 15.9 Å². The largest absolute Gasteiger partial charge is 0.466 e. The lowest BCUT2D eigenvalue weighted by Crippen LogP contribution is -2.13. The van der Waals surface area contributed by atoms with Gasteiger partial charge in [-0.1, -0.05) is 6.42 Å². The zero-order chi connectivity index (χ0) is 15.1. The molecule has 1 rings (SSSR count). The van der Waals surface area contributed by atoms with Crippen LogP contribution in [-0.4, -0.2) is 12.6 Å². The van der Waals surface area contributed by atoms with Gasteiger partial charge in [0.15, 0.2) is 0 Å². The summed E-state index contributed by atoms with van der Waals surface area (Å²) in [6.07, 6.45) is 2.07. The normalized spacial score (nSPS) is 12.2. The molecule has 0 aliphatic carbocycles. The first-order valence-corrected chi connectivity index (χ1v) is 7.30. The third-order valence-electron chi connectivity index (χ3n) is 2.89. The molecule has 0 fully saturated rings. The van der Waals surface area contributed by atoms with Gasteiger partial charge in [-0.15, -0.1) is 0 Å². The smallest absolute Gasteiger partial charge is 0.305 e. The third-order valence-corrected chi connectivity index (χ3v) is 3.50. The highest BCUT2D eigenvalue weighted by Crippen LogP contribution is 2.25. The van der Waals surface area contributed by atoms with E-state index in [0.717, 1.165) is 12.1 Å². The van der Waals surface area contributed by atoms with E-state index >= 15 is 0 Å². The molecule has 0 aliphatic heterocycles. The Hall–Kier alpha value is -1.01. The Morgan fingerprint density at radius 2 is 2.05 bits per heavy atom.